The Morgan fingerprint density at radius 2 is 1.68 bits per heavy atom. The van der Waals surface area contributed by atoms with Gasteiger partial charge in [0.25, 0.3) is 0 Å². The zero-order chi connectivity index (χ0) is 20.3. The lowest BCUT2D eigenvalue weighted by atomic mass is 10.1. The molecular formula is C19H15N7O2. The summed E-state index contributed by atoms with van der Waals surface area (Å²) in [5, 5.41) is 27.8. The highest BCUT2D eigenvalue weighted by Crippen LogP contribution is 2.29. The van der Waals surface area contributed by atoms with Gasteiger partial charge in [0.1, 0.15) is 35.1 Å². The lowest BCUT2D eigenvalue weighted by molar-refractivity contribution is 0.354. The Balaban J connectivity index is 2.04. The molecule has 0 bridgehead atoms. The molecule has 2 aromatic heterocycles. The van der Waals surface area contributed by atoms with Crippen molar-refractivity contribution in [2.45, 2.75) is 13.0 Å². The molecule has 3 aromatic rings. The van der Waals surface area contributed by atoms with Crippen molar-refractivity contribution < 1.29 is 9.47 Å². The molecule has 28 heavy (non-hydrogen) atoms. The molecule has 0 aliphatic heterocycles. The minimum absolute atomic E-state index is 0.107. The fourth-order valence-corrected chi connectivity index (χ4v) is 2.92. The van der Waals surface area contributed by atoms with Gasteiger partial charge in [-0.25, -0.2) is 9.97 Å². The Bertz CT molecular complexity index is 1190. The van der Waals surface area contributed by atoms with E-state index in [0.29, 0.717) is 30.1 Å². The molecule has 2 heterocycles. The van der Waals surface area contributed by atoms with Crippen molar-refractivity contribution in [3.8, 4) is 29.7 Å². The average Bonchev–Trinajstić information content (AvgIpc) is 3.00. The Labute approximate surface area is 160 Å². The molecule has 3 rings (SSSR count). The van der Waals surface area contributed by atoms with Crippen LogP contribution in [0, 0.1) is 34.0 Å². The average molecular weight is 373 g/mol. The largest absolute Gasteiger partial charge is 0.493 e. The van der Waals surface area contributed by atoms with Crippen LogP contribution in [0.25, 0.3) is 11.2 Å². The zero-order valence-corrected chi connectivity index (χ0v) is 15.2. The van der Waals surface area contributed by atoms with E-state index in [1.807, 2.05) is 30.3 Å². The summed E-state index contributed by atoms with van der Waals surface area (Å²) in [6.07, 6.45) is 0.558. The Kier molecular flexibility index (Phi) is 4.97. The van der Waals surface area contributed by atoms with Gasteiger partial charge in [-0.2, -0.15) is 15.8 Å². The number of rotatable bonds is 5. The third-order valence-corrected chi connectivity index (χ3v) is 4.31. The van der Waals surface area contributed by atoms with Crippen molar-refractivity contribution in [1.29, 1.82) is 15.8 Å². The number of benzene rings is 1. The van der Waals surface area contributed by atoms with Crippen LogP contribution in [0.1, 0.15) is 22.5 Å². The first-order chi connectivity index (χ1) is 13.6. The Morgan fingerprint density at radius 1 is 1.00 bits per heavy atom. The van der Waals surface area contributed by atoms with Crippen LogP contribution in [-0.2, 0) is 13.0 Å². The molecule has 0 atom stereocenters. The third-order valence-electron chi connectivity index (χ3n) is 4.31. The fraction of sp³-hybridized carbons (Fsp3) is 0.211. The number of methoxy groups -OCH3 is 2. The van der Waals surface area contributed by atoms with Gasteiger partial charge in [-0.1, -0.05) is 6.07 Å². The Hall–Kier alpha value is -4.29. The summed E-state index contributed by atoms with van der Waals surface area (Å²) in [6.45, 7) is 0.394. The van der Waals surface area contributed by atoms with Gasteiger partial charge >= 0.3 is 0 Å². The number of anilines is 1. The van der Waals surface area contributed by atoms with Gasteiger partial charge in [0.15, 0.2) is 28.5 Å². The lowest BCUT2D eigenvalue weighted by Gasteiger charge is -2.11. The molecule has 138 valence electrons. The molecule has 0 amide bonds. The molecule has 0 radical (unpaired) electrons. The van der Waals surface area contributed by atoms with Crippen LogP contribution in [0.2, 0.25) is 0 Å². The predicted octanol–water partition coefficient (Wildman–Crippen LogP) is 1.89. The van der Waals surface area contributed by atoms with E-state index >= 15 is 0 Å². The number of aromatic nitrogens is 3. The quantitative estimate of drug-likeness (QED) is 0.713. The summed E-state index contributed by atoms with van der Waals surface area (Å²) in [5.41, 5.74) is 7.48. The standard InChI is InChI=1S/C19H15N7O2/c1-27-15-4-3-11(7-16(15)28-2)5-6-26-18(23)12(8-20)17-19(26)25-14(10-22)13(9-21)24-17/h3-4,7H,5-6,23H2,1-2H3. The monoisotopic (exact) mass is 373 g/mol. The molecule has 0 saturated heterocycles. The number of nitrogens with two attached hydrogens (primary N) is 1. The van der Waals surface area contributed by atoms with E-state index in [0.717, 1.165) is 5.56 Å². The van der Waals surface area contributed by atoms with E-state index in [2.05, 4.69) is 9.97 Å². The second-order valence-electron chi connectivity index (χ2n) is 5.78. The van der Waals surface area contributed by atoms with Crippen LogP contribution in [-0.4, -0.2) is 28.8 Å². The van der Waals surface area contributed by atoms with Crippen molar-refractivity contribution in [1.82, 2.24) is 14.5 Å². The van der Waals surface area contributed by atoms with Crippen molar-refractivity contribution in [3.63, 3.8) is 0 Å². The minimum Gasteiger partial charge on any atom is -0.493 e. The molecule has 0 fully saturated rings. The number of nitrogens with zero attached hydrogens (tertiary/aromatic N) is 6. The van der Waals surface area contributed by atoms with Crippen LogP contribution >= 0.6 is 0 Å². The van der Waals surface area contributed by atoms with Gasteiger partial charge in [0.05, 0.1) is 14.2 Å². The molecule has 0 aliphatic rings. The van der Waals surface area contributed by atoms with Gasteiger partial charge in [-0.15, -0.1) is 0 Å². The molecule has 1 aromatic carbocycles. The maximum Gasteiger partial charge on any atom is 0.179 e. The fourth-order valence-electron chi connectivity index (χ4n) is 2.92. The number of fused-ring (bicyclic) bond motifs is 1. The highest BCUT2D eigenvalue weighted by atomic mass is 16.5. The van der Waals surface area contributed by atoms with Crippen molar-refractivity contribution >= 4 is 17.0 Å². The van der Waals surface area contributed by atoms with Gasteiger partial charge in [-0.05, 0) is 24.1 Å². The van der Waals surface area contributed by atoms with Crippen LogP contribution in [0.4, 0.5) is 5.82 Å². The number of hydrogen-bond donors (Lipinski definition) is 1. The van der Waals surface area contributed by atoms with Crippen LogP contribution in [0.3, 0.4) is 0 Å². The summed E-state index contributed by atoms with van der Waals surface area (Å²) < 4.78 is 12.2. The van der Waals surface area contributed by atoms with Crippen molar-refractivity contribution in [3.05, 3.63) is 40.7 Å². The maximum atomic E-state index is 9.44. The maximum absolute atomic E-state index is 9.44. The molecule has 0 unspecified atom stereocenters. The van der Waals surface area contributed by atoms with E-state index in [1.165, 1.54) is 0 Å². The SMILES string of the molecule is COc1ccc(CCn2c(N)c(C#N)c3nc(C#N)c(C#N)nc32)cc1OC. The first-order valence-corrected chi connectivity index (χ1v) is 8.18. The molecule has 0 saturated carbocycles. The topological polar surface area (TPSA) is 147 Å². The number of ether oxygens (including phenoxy) is 2. The van der Waals surface area contributed by atoms with Crippen molar-refractivity contribution in [2.75, 3.05) is 20.0 Å². The zero-order valence-electron chi connectivity index (χ0n) is 15.2. The number of aryl methyl sites for hydroxylation is 2. The summed E-state index contributed by atoms with van der Waals surface area (Å²) in [5.74, 6) is 1.42. The normalized spacial score (nSPS) is 10.1. The van der Waals surface area contributed by atoms with E-state index in [1.54, 1.807) is 24.9 Å². The smallest absolute Gasteiger partial charge is 0.179 e. The molecular weight excluding hydrogens is 358 g/mol. The van der Waals surface area contributed by atoms with Crippen molar-refractivity contribution in [2.24, 2.45) is 0 Å². The minimum atomic E-state index is -0.136. The van der Waals surface area contributed by atoms with E-state index in [9.17, 15) is 10.5 Å². The van der Waals surface area contributed by atoms with Gasteiger partial charge in [0, 0.05) is 6.54 Å². The van der Waals surface area contributed by atoms with Gasteiger partial charge < -0.3 is 19.8 Å². The molecule has 2 N–H and O–H groups in total. The number of nitriles is 3. The highest BCUT2D eigenvalue weighted by Gasteiger charge is 2.20. The molecule has 0 aliphatic carbocycles. The van der Waals surface area contributed by atoms with E-state index in [-0.39, 0.29) is 28.3 Å². The first kappa shape index (κ1) is 18.5. The van der Waals surface area contributed by atoms with Gasteiger partial charge in [0.2, 0.25) is 0 Å². The van der Waals surface area contributed by atoms with Gasteiger partial charge in [-0.3, -0.25) is 0 Å². The molecule has 9 nitrogen and oxygen atoms in total. The summed E-state index contributed by atoms with van der Waals surface area (Å²) >= 11 is 0. The highest BCUT2D eigenvalue weighted by molar-refractivity contribution is 5.86. The molecule has 9 heteroatoms. The first-order valence-electron chi connectivity index (χ1n) is 8.18. The number of hydrogen-bond acceptors (Lipinski definition) is 8. The summed E-state index contributed by atoms with van der Waals surface area (Å²) in [7, 11) is 3.12. The second kappa shape index (κ2) is 7.53. The predicted molar refractivity (Wildman–Crippen MR) is 99.3 cm³/mol. The Morgan fingerprint density at radius 3 is 2.29 bits per heavy atom. The third kappa shape index (κ3) is 3.00. The molecule has 0 spiro atoms. The van der Waals surface area contributed by atoms with E-state index < -0.39 is 0 Å². The van der Waals surface area contributed by atoms with E-state index in [4.69, 9.17) is 20.5 Å². The number of nitrogen functional groups attached to an aromatic ring is 1. The van der Waals surface area contributed by atoms with Crippen LogP contribution in [0.5, 0.6) is 11.5 Å². The lowest BCUT2D eigenvalue weighted by Crippen LogP contribution is -2.07. The second-order valence-corrected chi connectivity index (χ2v) is 5.78. The summed E-state index contributed by atoms with van der Waals surface area (Å²) in [4.78, 5) is 8.32. The summed E-state index contributed by atoms with van der Waals surface area (Å²) in [6, 6.07) is 11.2. The van der Waals surface area contributed by atoms with Crippen LogP contribution in [0.15, 0.2) is 18.2 Å². The van der Waals surface area contributed by atoms with Crippen LogP contribution < -0.4 is 15.2 Å².